The second-order valence-corrected chi connectivity index (χ2v) is 5.23. The van der Waals surface area contributed by atoms with E-state index in [0.29, 0.717) is 43.3 Å². The molecule has 1 aliphatic heterocycles. The van der Waals surface area contributed by atoms with Crippen LogP contribution in [0.4, 0.5) is 0 Å². The number of hydrogen-bond acceptors (Lipinski definition) is 7. The average Bonchev–Trinajstić information content (AvgIpc) is 3.24. The zero-order chi connectivity index (χ0) is 15.0. The molecule has 0 radical (unpaired) electrons. The Balaban J connectivity index is 1.76. The standard InChI is InChI=1S/C14H15N5O3/c1-20-14(5-7-21-8-6-14)13-15-12(22-18-13)9-3-2-4-10-11(9)17-19-16-10/h2-4H,5-8H2,1H3,(H,16,17,19). The summed E-state index contributed by atoms with van der Waals surface area (Å²) in [6.45, 7) is 1.24. The molecule has 3 heterocycles. The lowest BCUT2D eigenvalue weighted by molar-refractivity contribution is -0.101. The molecule has 114 valence electrons. The number of rotatable bonds is 3. The summed E-state index contributed by atoms with van der Waals surface area (Å²) in [6, 6.07) is 5.63. The summed E-state index contributed by atoms with van der Waals surface area (Å²) in [4.78, 5) is 4.54. The minimum Gasteiger partial charge on any atom is -0.381 e. The van der Waals surface area contributed by atoms with Gasteiger partial charge in [0.1, 0.15) is 16.6 Å². The Morgan fingerprint density at radius 2 is 2.09 bits per heavy atom. The smallest absolute Gasteiger partial charge is 0.260 e. The molecular formula is C14H15N5O3. The van der Waals surface area contributed by atoms with E-state index < -0.39 is 5.60 Å². The minimum atomic E-state index is -0.544. The highest BCUT2D eigenvalue weighted by molar-refractivity contribution is 5.88. The van der Waals surface area contributed by atoms with Gasteiger partial charge in [0.15, 0.2) is 0 Å². The van der Waals surface area contributed by atoms with Gasteiger partial charge >= 0.3 is 0 Å². The number of methoxy groups -OCH3 is 1. The summed E-state index contributed by atoms with van der Waals surface area (Å²) in [6.07, 6.45) is 1.41. The van der Waals surface area contributed by atoms with E-state index in [-0.39, 0.29) is 0 Å². The minimum absolute atomic E-state index is 0.414. The van der Waals surface area contributed by atoms with E-state index in [1.165, 1.54) is 0 Å². The summed E-state index contributed by atoms with van der Waals surface area (Å²) in [5, 5.41) is 14.9. The molecule has 4 rings (SSSR count). The number of ether oxygens (including phenoxy) is 2. The molecule has 1 aliphatic rings. The highest BCUT2D eigenvalue weighted by Crippen LogP contribution is 2.35. The number of aromatic nitrogens is 5. The third-order valence-electron chi connectivity index (χ3n) is 4.10. The van der Waals surface area contributed by atoms with Crippen LogP contribution in [0, 0.1) is 0 Å². The predicted octanol–water partition coefficient (Wildman–Crippen LogP) is 1.66. The quantitative estimate of drug-likeness (QED) is 0.785. The summed E-state index contributed by atoms with van der Waals surface area (Å²) in [5.74, 6) is 0.964. The van der Waals surface area contributed by atoms with Gasteiger partial charge in [-0.25, -0.2) is 0 Å². The van der Waals surface area contributed by atoms with Gasteiger partial charge in [0.05, 0.1) is 5.56 Å². The van der Waals surface area contributed by atoms with Crippen LogP contribution in [-0.2, 0) is 15.1 Å². The third-order valence-corrected chi connectivity index (χ3v) is 4.10. The zero-order valence-electron chi connectivity index (χ0n) is 12.1. The molecular weight excluding hydrogens is 286 g/mol. The van der Waals surface area contributed by atoms with Crippen molar-refractivity contribution in [3.63, 3.8) is 0 Å². The van der Waals surface area contributed by atoms with Crippen LogP contribution in [0.1, 0.15) is 18.7 Å². The van der Waals surface area contributed by atoms with Crippen LogP contribution in [0.15, 0.2) is 22.7 Å². The number of benzene rings is 1. The Labute approximate surface area is 125 Å². The van der Waals surface area contributed by atoms with Crippen molar-refractivity contribution < 1.29 is 14.0 Å². The summed E-state index contributed by atoms with van der Waals surface area (Å²) in [7, 11) is 1.67. The van der Waals surface area contributed by atoms with E-state index in [1.54, 1.807) is 7.11 Å². The molecule has 0 saturated carbocycles. The molecule has 2 aromatic heterocycles. The lowest BCUT2D eigenvalue weighted by atomic mass is 9.93. The molecule has 8 nitrogen and oxygen atoms in total. The Hall–Kier alpha value is -2.32. The van der Waals surface area contributed by atoms with E-state index >= 15 is 0 Å². The lowest BCUT2D eigenvalue weighted by Gasteiger charge is -2.32. The predicted molar refractivity (Wildman–Crippen MR) is 75.9 cm³/mol. The first-order chi connectivity index (χ1) is 10.8. The third kappa shape index (κ3) is 1.99. The molecule has 0 unspecified atom stereocenters. The van der Waals surface area contributed by atoms with Gasteiger partial charge in [0, 0.05) is 33.2 Å². The van der Waals surface area contributed by atoms with Gasteiger partial charge < -0.3 is 14.0 Å². The Morgan fingerprint density at radius 3 is 2.91 bits per heavy atom. The van der Waals surface area contributed by atoms with Gasteiger partial charge in [-0.3, -0.25) is 0 Å². The fourth-order valence-corrected chi connectivity index (χ4v) is 2.78. The summed E-state index contributed by atoms with van der Waals surface area (Å²) < 4.78 is 16.5. The zero-order valence-corrected chi connectivity index (χ0v) is 12.1. The molecule has 22 heavy (non-hydrogen) atoms. The average molecular weight is 301 g/mol. The number of nitrogens with zero attached hydrogens (tertiary/aromatic N) is 4. The number of aromatic amines is 1. The first-order valence-electron chi connectivity index (χ1n) is 7.09. The molecule has 3 aromatic rings. The Kier molecular flexibility index (Phi) is 3.12. The van der Waals surface area contributed by atoms with Crippen LogP contribution in [0.5, 0.6) is 0 Å². The molecule has 1 fully saturated rings. The topological polar surface area (TPSA) is 99.0 Å². The number of para-hydroxylation sites is 1. The molecule has 0 atom stereocenters. The molecule has 0 amide bonds. The Bertz CT molecular complexity index is 790. The Morgan fingerprint density at radius 1 is 1.23 bits per heavy atom. The number of nitrogens with one attached hydrogen (secondary N) is 1. The van der Waals surface area contributed by atoms with E-state index in [4.69, 9.17) is 14.0 Å². The van der Waals surface area contributed by atoms with Crippen molar-refractivity contribution in [3.05, 3.63) is 24.0 Å². The van der Waals surface area contributed by atoms with Gasteiger partial charge in [-0.05, 0) is 12.1 Å². The van der Waals surface area contributed by atoms with E-state index in [9.17, 15) is 0 Å². The van der Waals surface area contributed by atoms with Crippen molar-refractivity contribution in [3.8, 4) is 11.5 Å². The van der Waals surface area contributed by atoms with Gasteiger partial charge in [0.2, 0.25) is 5.82 Å². The molecule has 1 saturated heterocycles. The van der Waals surface area contributed by atoms with Gasteiger partial charge in [-0.15, -0.1) is 0 Å². The van der Waals surface area contributed by atoms with Crippen LogP contribution in [0.25, 0.3) is 22.5 Å². The number of H-pyrrole nitrogens is 1. The fraction of sp³-hybridized carbons (Fsp3) is 0.429. The number of hydrogen-bond donors (Lipinski definition) is 1. The van der Waals surface area contributed by atoms with E-state index in [1.807, 2.05) is 18.2 Å². The van der Waals surface area contributed by atoms with Crippen LogP contribution >= 0.6 is 0 Å². The normalized spacial score (nSPS) is 17.9. The van der Waals surface area contributed by atoms with E-state index in [0.717, 1.165) is 11.1 Å². The van der Waals surface area contributed by atoms with Crippen molar-refractivity contribution in [2.75, 3.05) is 20.3 Å². The molecule has 0 bridgehead atoms. The van der Waals surface area contributed by atoms with Gasteiger partial charge in [-0.1, -0.05) is 11.2 Å². The summed E-state index contributed by atoms with van der Waals surface area (Å²) >= 11 is 0. The molecule has 0 spiro atoms. The SMILES string of the molecule is COC1(c2noc(-c3cccc4n[nH]nc34)n2)CCOCC1. The van der Waals surface area contributed by atoms with Crippen LogP contribution in [-0.4, -0.2) is 45.9 Å². The highest BCUT2D eigenvalue weighted by Gasteiger charge is 2.39. The molecule has 1 aromatic carbocycles. The highest BCUT2D eigenvalue weighted by atomic mass is 16.5. The molecule has 1 N–H and O–H groups in total. The second-order valence-electron chi connectivity index (χ2n) is 5.23. The maximum absolute atomic E-state index is 5.69. The van der Waals surface area contributed by atoms with Crippen molar-refractivity contribution in [2.45, 2.75) is 18.4 Å². The van der Waals surface area contributed by atoms with Crippen molar-refractivity contribution >= 4 is 11.0 Å². The molecule has 8 heteroatoms. The van der Waals surface area contributed by atoms with Gasteiger partial charge in [0.25, 0.3) is 5.89 Å². The van der Waals surface area contributed by atoms with Crippen LogP contribution in [0.3, 0.4) is 0 Å². The summed E-state index contributed by atoms with van der Waals surface area (Å²) in [5.41, 5.74) is 1.67. The largest absolute Gasteiger partial charge is 0.381 e. The first-order valence-corrected chi connectivity index (χ1v) is 7.09. The van der Waals surface area contributed by atoms with Gasteiger partial charge in [-0.2, -0.15) is 20.4 Å². The fourth-order valence-electron chi connectivity index (χ4n) is 2.78. The maximum atomic E-state index is 5.69. The first kappa shape index (κ1) is 13.4. The monoisotopic (exact) mass is 301 g/mol. The van der Waals surface area contributed by atoms with Crippen molar-refractivity contribution in [1.29, 1.82) is 0 Å². The number of fused-ring (bicyclic) bond motifs is 1. The maximum Gasteiger partial charge on any atom is 0.260 e. The van der Waals surface area contributed by atoms with E-state index in [2.05, 4.69) is 25.6 Å². The lowest BCUT2D eigenvalue weighted by Crippen LogP contribution is -2.36. The van der Waals surface area contributed by atoms with Crippen molar-refractivity contribution in [1.82, 2.24) is 25.6 Å². The van der Waals surface area contributed by atoms with Crippen LogP contribution < -0.4 is 0 Å². The molecule has 0 aliphatic carbocycles. The van der Waals surface area contributed by atoms with Crippen molar-refractivity contribution in [2.24, 2.45) is 0 Å². The van der Waals surface area contributed by atoms with Crippen LogP contribution in [0.2, 0.25) is 0 Å². The second kappa shape index (κ2) is 5.15.